The molecule has 2 aromatic rings. The van der Waals surface area contributed by atoms with E-state index in [0.717, 1.165) is 0 Å². The fraction of sp³-hybridized carbons (Fsp3) is 0.182. The molecule has 1 unspecified atom stereocenters. The van der Waals surface area contributed by atoms with Gasteiger partial charge in [0.15, 0.2) is 6.10 Å². The first-order valence-electron chi connectivity index (χ1n) is 4.95. The number of carbonyl (C=O) groups excluding carboxylic acids is 1. The molecule has 1 atom stereocenters. The van der Waals surface area contributed by atoms with Gasteiger partial charge < -0.3 is 9.84 Å². The Hall–Kier alpha value is -2.21. The van der Waals surface area contributed by atoms with Gasteiger partial charge in [-0.25, -0.2) is 4.79 Å². The first-order valence-corrected chi connectivity index (χ1v) is 4.95. The highest BCUT2D eigenvalue weighted by Crippen LogP contribution is 2.21. The molecule has 1 aromatic carbocycles. The van der Waals surface area contributed by atoms with E-state index in [1.54, 1.807) is 24.3 Å². The van der Waals surface area contributed by atoms with Gasteiger partial charge in [0.05, 0.1) is 25.2 Å². The van der Waals surface area contributed by atoms with Crippen LogP contribution in [-0.2, 0) is 9.53 Å². The molecule has 0 amide bonds. The Morgan fingerprint density at radius 1 is 1.35 bits per heavy atom. The summed E-state index contributed by atoms with van der Waals surface area (Å²) in [5.74, 6) is -0.718. The maximum atomic E-state index is 11.3. The lowest BCUT2D eigenvalue weighted by Gasteiger charge is -2.12. The van der Waals surface area contributed by atoms with Gasteiger partial charge in [-0.05, 0) is 6.07 Å². The predicted molar refractivity (Wildman–Crippen MR) is 58.3 cm³/mol. The number of hydrogen-bond donors (Lipinski definition) is 1. The first kappa shape index (κ1) is 11.3. The number of aromatic nitrogens is 3. The quantitative estimate of drug-likeness (QED) is 0.780. The predicted octanol–water partition coefficient (Wildman–Crippen LogP) is 0.474. The average molecular weight is 233 g/mol. The van der Waals surface area contributed by atoms with Gasteiger partial charge in [0, 0.05) is 5.56 Å². The Morgan fingerprint density at radius 2 is 2.00 bits per heavy atom. The molecule has 1 N–H and O–H groups in total. The number of hydrogen-bond acceptors (Lipinski definition) is 5. The Bertz CT molecular complexity index is 510. The van der Waals surface area contributed by atoms with Gasteiger partial charge in [0.25, 0.3) is 0 Å². The lowest BCUT2D eigenvalue weighted by molar-refractivity contribution is -0.150. The summed E-state index contributed by atoms with van der Waals surface area (Å²) in [4.78, 5) is 12.6. The number of methoxy groups -OCH3 is 1. The van der Waals surface area contributed by atoms with Crippen LogP contribution in [0.4, 0.5) is 0 Å². The number of aliphatic hydroxyl groups is 1. The molecule has 1 aromatic heterocycles. The van der Waals surface area contributed by atoms with E-state index in [2.05, 4.69) is 14.9 Å². The molecule has 1 heterocycles. The van der Waals surface area contributed by atoms with Crippen LogP contribution in [0.5, 0.6) is 0 Å². The van der Waals surface area contributed by atoms with Gasteiger partial charge >= 0.3 is 5.97 Å². The van der Waals surface area contributed by atoms with Crippen LogP contribution in [-0.4, -0.2) is 33.2 Å². The van der Waals surface area contributed by atoms with Crippen molar-refractivity contribution in [2.24, 2.45) is 0 Å². The minimum Gasteiger partial charge on any atom is -0.467 e. The third-order valence-electron chi connectivity index (χ3n) is 2.29. The topological polar surface area (TPSA) is 77.2 Å². The van der Waals surface area contributed by atoms with E-state index in [4.69, 9.17) is 0 Å². The fourth-order valence-corrected chi connectivity index (χ4v) is 1.48. The highest BCUT2D eigenvalue weighted by atomic mass is 16.5. The van der Waals surface area contributed by atoms with Crippen LogP contribution in [0.25, 0.3) is 5.69 Å². The van der Waals surface area contributed by atoms with E-state index in [0.29, 0.717) is 11.3 Å². The largest absolute Gasteiger partial charge is 0.467 e. The van der Waals surface area contributed by atoms with Crippen molar-refractivity contribution >= 4 is 5.97 Å². The third kappa shape index (κ3) is 2.16. The Balaban J connectivity index is 2.44. The SMILES string of the molecule is COC(=O)C(O)c1ccccc1-n1nccn1. The molecular formula is C11H11N3O3. The molecule has 88 valence electrons. The molecule has 0 aliphatic rings. The number of aliphatic hydroxyl groups excluding tert-OH is 1. The van der Waals surface area contributed by atoms with E-state index >= 15 is 0 Å². The number of para-hydroxylation sites is 1. The average Bonchev–Trinajstić information content (AvgIpc) is 2.90. The van der Waals surface area contributed by atoms with Crippen molar-refractivity contribution in [2.45, 2.75) is 6.10 Å². The molecular weight excluding hydrogens is 222 g/mol. The van der Waals surface area contributed by atoms with Gasteiger partial charge in [0.1, 0.15) is 0 Å². The van der Waals surface area contributed by atoms with Crippen LogP contribution in [0.2, 0.25) is 0 Å². The number of benzene rings is 1. The Morgan fingerprint density at radius 3 is 2.65 bits per heavy atom. The Labute approximate surface area is 97.4 Å². The summed E-state index contributed by atoms with van der Waals surface area (Å²) in [6.45, 7) is 0. The van der Waals surface area contributed by atoms with Gasteiger partial charge in [-0.3, -0.25) is 0 Å². The monoisotopic (exact) mass is 233 g/mol. The van der Waals surface area contributed by atoms with Crippen molar-refractivity contribution in [1.82, 2.24) is 15.0 Å². The molecule has 0 spiro atoms. The second-order valence-electron chi connectivity index (χ2n) is 3.30. The van der Waals surface area contributed by atoms with Crippen molar-refractivity contribution < 1.29 is 14.6 Å². The standard InChI is InChI=1S/C11H11N3O3/c1-17-11(16)10(15)8-4-2-3-5-9(8)14-12-6-7-13-14/h2-7,10,15H,1H3. The summed E-state index contributed by atoms with van der Waals surface area (Å²) in [6.07, 6.45) is 1.69. The smallest absolute Gasteiger partial charge is 0.339 e. The molecule has 6 nitrogen and oxygen atoms in total. The molecule has 0 radical (unpaired) electrons. The fourth-order valence-electron chi connectivity index (χ4n) is 1.48. The highest BCUT2D eigenvalue weighted by Gasteiger charge is 2.21. The molecule has 0 aliphatic heterocycles. The maximum absolute atomic E-state index is 11.3. The van der Waals surface area contributed by atoms with Crippen molar-refractivity contribution in [3.05, 3.63) is 42.2 Å². The second kappa shape index (κ2) is 4.75. The molecule has 0 bridgehead atoms. The molecule has 6 heteroatoms. The van der Waals surface area contributed by atoms with E-state index in [-0.39, 0.29) is 0 Å². The van der Waals surface area contributed by atoms with Crippen molar-refractivity contribution in [3.8, 4) is 5.69 Å². The minimum absolute atomic E-state index is 0.399. The van der Waals surface area contributed by atoms with Crippen molar-refractivity contribution in [1.29, 1.82) is 0 Å². The van der Waals surface area contributed by atoms with Gasteiger partial charge in [-0.1, -0.05) is 18.2 Å². The summed E-state index contributed by atoms with van der Waals surface area (Å²) in [5.41, 5.74) is 0.936. The van der Waals surface area contributed by atoms with Crippen LogP contribution < -0.4 is 0 Å². The Kier molecular flexibility index (Phi) is 3.15. The first-order chi connectivity index (χ1) is 8.24. The molecule has 0 aliphatic carbocycles. The third-order valence-corrected chi connectivity index (χ3v) is 2.29. The van der Waals surface area contributed by atoms with E-state index in [1.165, 1.54) is 24.3 Å². The maximum Gasteiger partial charge on any atom is 0.339 e. The summed E-state index contributed by atoms with van der Waals surface area (Å²) < 4.78 is 4.50. The number of ether oxygens (including phenoxy) is 1. The second-order valence-corrected chi connectivity index (χ2v) is 3.30. The lowest BCUT2D eigenvalue weighted by Crippen LogP contribution is -2.16. The highest BCUT2D eigenvalue weighted by molar-refractivity contribution is 5.77. The molecule has 17 heavy (non-hydrogen) atoms. The van der Waals surface area contributed by atoms with Gasteiger partial charge in [0.2, 0.25) is 0 Å². The summed E-state index contributed by atoms with van der Waals surface area (Å²) in [5, 5.41) is 17.7. The molecule has 0 saturated carbocycles. The number of esters is 1. The number of rotatable bonds is 3. The van der Waals surface area contributed by atoms with Crippen LogP contribution in [0, 0.1) is 0 Å². The zero-order chi connectivity index (χ0) is 12.3. The summed E-state index contributed by atoms with van der Waals surface area (Å²) in [6, 6.07) is 6.82. The van der Waals surface area contributed by atoms with E-state index in [1.807, 2.05) is 0 Å². The van der Waals surface area contributed by atoms with Crippen LogP contribution in [0.15, 0.2) is 36.7 Å². The minimum atomic E-state index is -1.35. The summed E-state index contributed by atoms with van der Waals surface area (Å²) in [7, 11) is 1.22. The van der Waals surface area contributed by atoms with Crippen LogP contribution in [0.1, 0.15) is 11.7 Å². The lowest BCUT2D eigenvalue weighted by atomic mass is 10.1. The van der Waals surface area contributed by atoms with Gasteiger partial charge in [-0.2, -0.15) is 15.0 Å². The normalized spacial score (nSPS) is 12.1. The van der Waals surface area contributed by atoms with Crippen LogP contribution >= 0.6 is 0 Å². The number of carbonyl (C=O) groups is 1. The number of nitrogens with zero attached hydrogens (tertiary/aromatic N) is 3. The molecule has 0 fully saturated rings. The van der Waals surface area contributed by atoms with Crippen LogP contribution in [0.3, 0.4) is 0 Å². The van der Waals surface area contributed by atoms with Crippen molar-refractivity contribution in [3.63, 3.8) is 0 Å². The molecule has 2 rings (SSSR count). The van der Waals surface area contributed by atoms with E-state index < -0.39 is 12.1 Å². The van der Waals surface area contributed by atoms with Crippen molar-refractivity contribution in [2.75, 3.05) is 7.11 Å². The zero-order valence-corrected chi connectivity index (χ0v) is 9.15. The molecule has 0 saturated heterocycles. The van der Waals surface area contributed by atoms with Gasteiger partial charge in [-0.15, -0.1) is 0 Å². The zero-order valence-electron chi connectivity index (χ0n) is 9.15. The van der Waals surface area contributed by atoms with E-state index in [9.17, 15) is 9.90 Å². The summed E-state index contributed by atoms with van der Waals surface area (Å²) >= 11 is 0.